The Bertz CT molecular complexity index is 661. The molecular formula is C18H18N2OS. The van der Waals surface area contributed by atoms with E-state index in [1.54, 1.807) is 12.4 Å². The van der Waals surface area contributed by atoms with Crippen molar-refractivity contribution in [1.29, 1.82) is 0 Å². The van der Waals surface area contributed by atoms with Crippen LogP contribution in [0.5, 0.6) is 0 Å². The van der Waals surface area contributed by atoms with Crippen molar-refractivity contribution >= 4 is 17.7 Å². The fraction of sp³-hybridized carbons (Fsp3) is 0.333. The number of pyridine rings is 1. The Balaban J connectivity index is 1.49. The summed E-state index contributed by atoms with van der Waals surface area (Å²) in [6.45, 7) is 0.856. The molecule has 1 amide bonds. The smallest absolute Gasteiger partial charge is 0.227 e. The number of carbonyl (C=O) groups is 1. The maximum Gasteiger partial charge on any atom is 0.227 e. The number of rotatable bonds is 3. The van der Waals surface area contributed by atoms with Crippen molar-refractivity contribution in [1.82, 2.24) is 9.88 Å². The highest BCUT2D eigenvalue weighted by Crippen LogP contribution is 2.50. The number of nitrogens with zero attached hydrogens (tertiary/aromatic N) is 2. The van der Waals surface area contributed by atoms with Gasteiger partial charge in [-0.1, -0.05) is 30.3 Å². The summed E-state index contributed by atoms with van der Waals surface area (Å²) in [5.41, 5.74) is 2.48. The van der Waals surface area contributed by atoms with Gasteiger partial charge in [-0.25, -0.2) is 0 Å². The van der Waals surface area contributed by atoms with Gasteiger partial charge in [0, 0.05) is 30.6 Å². The quantitative estimate of drug-likeness (QED) is 0.870. The van der Waals surface area contributed by atoms with Crippen molar-refractivity contribution < 1.29 is 4.79 Å². The van der Waals surface area contributed by atoms with Gasteiger partial charge in [-0.2, -0.15) is 0 Å². The van der Waals surface area contributed by atoms with Gasteiger partial charge in [0.05, 0.1) is 0 Å². The van der Waals surface area contributed by atoms with Crippen LogP contribution in [-0.2, 0) is 4.79 Å². The van der Waals surface area contributed by atoms with Crippen LogP contribution in [0.25, 0.3) is 0 Å². The van der Waals surface area contributed by atoms with Crippen LogP contribution in [0.3, 0.4) is 0 Å². The molecule has 0 N–H and O–H groups in total. The zero-order valence-corrected chi connectivity index (χ0v) is 13.1. The van der Waals surface area contributed by atoms with Crippen LogP contribution >= 0.6 is 11.8 Å². The molecule has 0 spiro atoms. The summed E-state index contributed by atoms with van der Waals surface area (Å²) < 4.78 is 0. The predicted molar refractivity (Wildman–Crippen MR) is 88.4 cm³/mol. The van der Waals surface area contributed by atoms with Crippen molar-refractivity contribution in [2.45, 2.75) is 17.7 Å². The summed E-state index contributed by atoms with van der Waals surface area (Å²) >= 11 is 1.85. The monoisotopic (exact) mass is 310 g/mol. The molecule has 1 aliphatic heterocycles. The number of amides is 1. The lowest BCUT2D eigenvalue weighted by molar-refractivity contribution is -0.132. The van der Waals surface area contributed by atoms with E-state index in [1.165, 1.54) is 11.1 Å². The van der Waals surface area contributed by atoms with E-state index in [9.17, 15) is 4.79 Å². The number of aromatic nitrogens is 1. The van der Waals surface area contributed by atoms with Crippen molar-refractivity contribution in [3.05, 3.63) is 66.0 Å². The highest BCUT2D eigenvalue weighted by atomic mass is 32.2. The number of hydrogen-bond acceptors (Lipinski definition) is 3. The Morgan fingerprint density at radius 1 is 1.09 bits per heavy atom. The van der Waals surface area contributed by atoms with Crippen LogP contribution in [0.4, 0.5) is 0 Å². The molecule has 3 nitrogen and oxygen atoms in total. The fourth-order valence-electron chi connectivity index (χ4n) is 3.25. The van der Waals surface area contributed by atoms with Crippen molar-refractivity contribution in [3.63, 3.8) is 0 Å². The summed E-state index contributed by atoms with van der Waals surface area (Å²) in [7, 11) is 0. The molecule has 1 aliphatic carbocycles. The van der Waals surface area contributed by atoms with Crippen LogP contribution in [0.2, 0.25) is 0 Å². The topological polar surface area (TPSA) is 33.2 Å². The van der Waals surface area contributed by atoms with E-state index in [0.717, 1.165) is 18.7 Å². The van der Waals surface area contributed by atoms with Gasteiger partial charge < -0.3 is 4.90 Å². The second kappa shape index (κ2) is 5.76. The SMILES string of the molecule is O=C(C1CC1c1ccccc1)N1CCSC1c1ccncc1. The summed E-state index contributed by atoms with van der Waals surface area (Å²) in [4.78, 5) is 19.0. The molecule has 2 aromatic rings. The molecule has 4 heteroatoms. The average Bonchev–Trinajstić information content (AvgIpc) is 3.24. The minimum Gasteiger partial charge on any atom is -0.325 e. The standard InChI is InChI=1S/C18H18N2OS/c21-17(16-12-15(16)13-4-2-1-3-5-13)20-10-11-22-18(20)14-6-8-19-9-7-14/h1-9,15-16,18H,10-12H2. The molecule has 4 rings (SSSR count). The molecule has 3 unspecified atom stereocenters. The van der Waals surface area contributed by atoms with Gasteiger partial charge in [-0.05, 0) is 35.6 Å². The summed E-state index contributed by atoms with van der Waals surface area (Å²) in [5, 5.41) is 0.160. The van der Waals surface area contributed by atoms with Crippen LogP contribution in [-0.4, -0.2) is 28.1 Å². The average molecular weight is 310 g/mol. The third-order valence-electron chi connectivity index (χ3n) is 4.50. The Hall–Kier alpha value is -1.81. The molecule has 2 heterocycles. The molecule has 2 aliphatic rings. The van der Waals surface area contributed by atoms with Gasteiger partial charge in [0.1, 0.15) is 5.37 Å². The predicted octanol–water partition coefficient (Wildman–Crippen LogP) is 3.46. The normalized spacial score (nSPS) is 26.9. The maximum atomic E-state index is 12.9. The molecule has 1 aromatic carbocycles. The zero-order chi connectivity index (χ0) is 14.9. The van der Waals surface area contributed by atoms with E-state index in [1.807, 2.05) is 30.0 Å². The van der Waals surface area contributed by atoms with E-state index in [2.05, 4.69) is 34.1 Å². The van der Waals surface area contributed by atoms with Gasteiger partial charge in [0.25, 0.3) is 0 Å². The Morgan fingerprint density at radius 2 is 1.86 bits per heavy atom. The van der Waals surface area contributed by atoms with Gasteiger partial charge in [0.2, 0.25) is 5.91 Å². The van der Waals surface area contributed by atoms with Crippen molar-refractivity contribution in [2.24, 2.45) is 5.92 Å². The lowest BCUT2D eigenvalue weighted by Gasteiger charge is -2.24. The van der Waals surface area contributed by atoms with Crippen molar-refractivity contribution in [3.8, 4) is 0 Å². The van der Waals surface area contributed by atoms with E-state index >= 15 is 0 Å². The lowest BCUT2D eigenvalue weighted by atomic mass is 10.1. The van der Waals surface area contributed by atoms with Gasteiger partial charge in [-0.15, -0.1) is 11.8 Å². The minimum absolute atomic E-state index is 0.160. The molecule has 2 fully saturated rings. The first-order valence-corrected chi connectivity index (χ1v) is 8.76. The minimum atomic E-state index is 0.160. The van der Waals surface area contributed by atoms with Crippen molar-refractivity contribution in [2.75, 3.05) is 12.3 Å². The second-order valence-corrected chi connectivity index (χ2v) is 7.08. The van der Waals surface area contributed by atoms with Gasteiger partial charge in [-0.3, -0.25) is 9.78 Å². The third-order valence-corrected chi connectivity index (χ3v) is 5.76. The molecule has 3 atom stereocenters. The fourth-order valence-corrected chi connectivity index (χ4v) is 4.51. The van der Waals surface area contributed by atoms with E-state index in [4.69, 9.17) is 0 Å². The lowest BCUT2D eigenvalue weighted by Crippen LogP contribution is -2.32. The summed E-state index contributed by atoms with van der Waals surface area (Å²) in [6, 6.07) is 14.4. The van der Waals surface area contributed by atoms with Gasteiger partial charge in [0.15, 0.2) is 0 Å². The Morgan fingerprint density at radius 3 is 2.64 bits per heavy atom. The third kappa shape index (κ3) is 2.52. The first-order valence-electron chi connectivity index (χ1n) is 7.71. The van der Waals surface area contributed by atoms with Crippen LogP contribution < -0.4 is 0 Å². The second-order valence-electron chi connectivity index (χ2n) is 5.89. The molecule has 22 heavy (non-hydrogen) atoms. The zero-order valence-electron chi connectivity index (χ0n) is 12.3. The number of benzene rings is 1. The number of hydrogen-bond donors (Lipinski definition) is 0. The van der Waals surface area contributed by atoms with Crippen LogP contribution in [0.15, 0.2) is 54.9 Å². The van der Waals surface area contributed by atoms with Gasteiger partial charge >= 0.3 is 0 Å². The van der Waals surface area contributed by atoms with E-state index in [-0.39, 0.29) is 11.3 Å². The molecule has 0 bridgehead atoms. The van der Waals surface area contributed by atoms with E-state index in [0.29, 0.717) is 11.8 Å². The molecule has 112 valence electrons. The largest absolute Gasteiger partial charge is 0.325 e. The van der Waals surface area contributed by atoms with Crippen LogP contribution in [0.1, 0.15) is 28.8 Å². The number of thioether (sulfide) groups is 1. The molecule has 1 saturated carbocycles. The first-order chi connectivity index (χ1) is 10.8. The Labute approximate surface area is 134 Å². The Kier molecular flexibility index (Phi) is 3.62. The number of carbonyl (C=O) groups excluding carboxylic acids is 1. The molecule has 1 aromatic heterocycles. The molecule has 1 saturated heterocycles. The molecule has 0 radical (unpaired) electrons. The highest BCUT2D eigenvalue weighted by Gasteiger charge is 2.47. The van der Waals surface area contributed by atoms with E-state index < -0.39 is 0 Å². The highest BCUT2D eigenvalue weighted by molar-refractivity contribution is 7.99. The molecular weight excluding hydrogens is 292 g/mol. The maximum absolute atomic E-state index is 12.9. The summed E-state index contributed by atoms with van der Waals surface area (Å²) in [5.74, 6) is 1.92. The first kappa shape index (κ1) is 13.8. The van der Waals surface area contributed by atoms with Crippen LogP contribution in [0, 0.1) is 5.92 Å². The summed E-state index contributed by atoms with van der Waals surface area (Å²) in [6.07, 6.45) is 4.61.